The Morgan fingerprint density at radius 1 is 1.36 bits per heavy atom. The minimum atomic E-state index is -0.369. The molecular weight excluding hydrogens is 284 g/mol. The summed E-state index contributed by atoms with van der Waals surface area (Å²) in [6, 6.07) is 1.94. The molecule has 0 radical (unpaired) electrons. The van der Waals surface area contributed by atoms with Crippen LogP contribution < -0.4 is 5.32 Å². The zero-order chi connectivity index (χ0) is 15.9. The van der Waals surface area contributed by atoms with Gasteiger partial charge in [-0.1, -0.05) is 0 Å². The van der Waals surface area contributed by atoms with E-state index in [4.69, 9.17) is 10.00 Å². The molecule has 0 aromatic heterocycles. The van der Waals surface area contributed by atoms with Crippen molar-refractivity contribution in [1.82, 2.24) is 15.1 Å². The van der Waals surface area contributed by atoms with Gasteiger partial charge in [0, 0.05) is 52.5 Å². The molecule has 7 heteroatoms. The quantitative estimate of drug-likeness (QED) is 0.577. The second-order valence-corrected chi connectivity index (χ2v) is 5.54. The zero-order valence-electron chi connectivity index (χ0n) is 12.9. The SMILES string of the molecule is CC(=O)N1CCN(/C=C(/C#N)C(=O)NCC2CCCO2)CC1. The van der Waals surface area contributed by atoms with Crippen molar-refractivity contribution in [2.24, 2.45) is 0 Å². The molecular formula is C15H22N4O3. The number of rotatable bonds is 4. The highest BCUT2D eigenvalue weighted by Crippen LogP contribution is 2.11. The molecule has 0 bridgehead atoms. The first kappa shape index (κ1) is 16.3. The van der Waals surface area contributed by atoms with Crippen LogP contribution in [-0.4, -0.2) is 67.0 Å². The highest BCUT2D eigenvalue weighted by Gasteiger charge is 2.20. The van der Waals surface area contributed by atoms with Crippen LogP contribution in [-0.2, 0) is 14.3 Å². The molecule has 120 valence electrons. The summed E-state index contributed by atoms with van der Waals surface area (Å²) in [5.74, 6) is -0.314. The van der Waals surface area contributed by atoms with Crippen molar-refractivity contribution in [3.8, 4) is 6.07 Å². The fourth-order valence-corrected chi connectivity index (χ4v) is 2.59. The summed E-state index contributed by atoms with van der Waals surface area (Å²) in [7, 11) is 0. The van der Waals surface area contributed by atoms with E-state index in [1.165, 1.54) is 0 Å². The Bertz CT molecular complexity index is 484. The largest absolute Gasteiger partial charge is 0.376 e. The van der Waals surface area contributed by atoms with E-state index in [0.29, 0.717) is 32.7 Å². The summed E-state index contributed by atoms with van der Waals surface area (Å²) in [5.41, 5.74) is 0.0919. The Hall–Kier alpha value is -2.07. The maximum absolute atomic E-state index is 12.0. The maximum atomic E-state index is 12.0. The first-order valence-corrected chi connectivity index (χ1v) is 7.61. The molecule has 0 aliphatic carbocycles. The molecule has 22 heavy (non-hydrogen) atoms. The summed E-state index contributed by atoms with van der Waals surface area (Å²) < 4.78 is 5.44. The Morgan fingerprint density at radius 3 is 2.64 bits per heavy atom. The van der Waals surface area contributed by atoms with Crippen molar-refractivity contribution in [3.05, 3.63) is 11.8 Å². The van der Waals surface area contributed by atoms with Crippen LogP contribution in [0.2, 0.25) is 0 Å². The molecule has 7 nitrogen and oxygen atoms in total. The van der Waals surface area contributed by atoms with E-state index in [1.54, 1.807) is 18.0 Å². The average molecular weight is 306 g/mol. The first-order valence-electron chi connectivity index (χ1n) is 7.61. The molecule has 2 heterocycles. The third-order valence-electron chi connectivity index (χ3n) is 3.95. The van der Waals surface area contributed by atoms with Crippen molar-refractivity contribution in [1.29, 1.82) is 5.26 Å². The van der Waals surface area contributed by atoms with Gasteiger partial charge in [-0.15, -0.1) is 0 Å². The number of hydrogen-bond acceptors (Lipinski definition) is 5. The lowest BCUT2D eigenvalue weighted by atomic mass is 10.2. The molecule has 0 saturated carbocycles. The lowest BCUT2D eigenvalue weighted by Crippen LogP contribution is -2.46. The van der Waals surface area contributed by atoms with Gasteiger partial charge < -0.3 is 19.9 Å². The van der Waals surface area contributed by atoms with Crippen LogP contribution in [0.1, 0.15) is 19.8 Å². The van der Waals surface area contributed by atoms with Crippen LogP contribution in [0, 0.1) is 11.3 Å². The number of nitrogens with one attached hydrogen (secondary N) is 1. The molecule has 1 unspecified atom stereocenters. The number of nitriles is 1. The van der Waals surface area contributed by atoms with Crippen molar-refractivity contribution < 1.29 is 14.3 Å². The van der Waals surface area contributed by atoms with Gasteiger partial charge in [0.15, 0.2) is 0 Å². The average Bonchev–Trinajstić information content (AvgIpc) is 3.04. The fourth-order valence-electron chi connectivity index (χ4n) is 2.59. The fraction of sp³-hybridized carbons (Fsp3) is 0.667. The van der Waals surface area contributed by atoms with Gasteiger partial charge in [0.2, 0.25) is 5.91 Å². The summed E-state index contributed by atoms with van der Waals surface area (Å²) in [5, 5.41) is 11.9. The molecule has 2 amide bonds. The maximum Gasteiger partial charge on any atom is 0.263 e. The number of amides is 2. The highest BCUT2D eigenvalue weighted by molar-refractivity contribution is 5.97. The van der Waals surface area contributed by atoms with Gasteiger partial charge in [0.1, 0.15) is 11.6 Å². The molecule has 2 rings (SSSR count). The summed E-state index contributed by atoms with van der Waals surface area (Å²) in [6.07, 6.45) is 3.60. The van der Waals surface area contributed by atoms with Gasteiger partial charge in [-0.3, -0.25) is 9.59 Å². The second kappa shape index (κ2) is 7.80. The summed E-state index contributed by atoms with van der Waals surface area (Å²) in [6.45, 7) is 5.21. The topological polar surface area (TPSA) is 85.7 Å². The van der Waals surface area contributed by atoms with Gasteiger partial charge in [-0.05, 0) is 12.8 Å². The Labute approximate surface area is 130 Å². The molecule has 1 atom stereocenters. The van der Waals surface area contributed by atoms with Crippen molar-refractivity contribution in [2.75, 3.05) is 39.3 Å². The molecule has 0 spiro atoms. The minimum Gasteiger partial charge on any atom is -0.376 e. The predicted octanol–water partition coefficient (Wildman–Crippen LogP) is -0.147. The van der Waals surface area contributed by atoms with E-state index in [1.807, 2.05) is 11.0 Å². The highest BCUT2D eigenvalue weighted by atomic mass is 16.5. The number of carbonyl (C=O) groups excluding carboxylic acids is 2. The van der Waals surface area contributed by atoms with Crippen LogP contribution in [0.5, 0.6) is 0 Å². The van der Waals surface area contributed by atoms with E-state index >= 15 is 0 Å². The third kappa shape index (κ3) is 4.46. The lowest BCUT2D eigenvalue weighted by molar-refractivity contribution is -0.130. The van der Waals surface area contributed by atoms with E-state index in [9.17, 15) is 9.59 Å². The van der Waals surface area contributed by atoms with Crippen LogP contribution >= 0.6 is 0 Å². The van der Waals surface area contributed by atoms with Crippen molar-refractivity contribution in [3.63, 3.8) is 0 Å². The van der Waals surface area contributed by atoms with E-state index in [0.717, 1.165) is 19.4 Å². The number of piperazine rings is 1. The Morgan fingerprint density at radius 2 is 2.09 bits per heavy atom. The molecule has 1 N–H and O–H groups in total. The Balaban J connectivity index is 1.83. The third-order valence-corrected chi connectivity index (χ3v) is 3.95. The van der Waals surface area contributed by atoms with Gasteiger partial charge in [0.05, 0.1) is 6.10 Å². The van der Waals surface area contributed by atoms with Crippen molar-refractivity contribution in [2.45, 2.75) is 25.9 Å². The van der Waals surface area contributed by atoms with Crippen LogP contribution in [0.15, 0.2) is 11.8 Å². The lowest BCUT2D eigenvalue weighted by Gasteiger charge is -2.33. The monoisotopic (exact) mass is 306 g/mol. The number of ether oxygens (including phenoxy) is 1. The standard InChI is InChI=1S/C15H22N4O3/c1-12(20)19-6-4-18(5-7-19)11-13(9-16)15(21)17-10-14-3-2-8-22-14/h11,14H,2-8,10H2,1H3,(H,17,21)/b13-11-. The second-order valence-electron chi connectivity index (χ2n) is 5.54. The smallest absolute Gasteiger partial charge is 0.263 e. The number of carbonyl (C=O) groups is 2. The summed E-state index contributed by atoms with van der Waals surface area (Å²) >= 11 is 0. The number of nitrogens with zero attached hydrogens (tertiary/aromatic N) is 3. The molecule has 2 aliphatic rings. The molecule has 2 aliphatic heterocycles. The first-order chi connectivity index (χ1) is 10.6. The molecule has 0 aromatic carbocycles. The van der Waals surface area contributed by atoms with Gasteiger partial charge in [0.25, 0.3) is 5.91 Å². The number of hydrogen-bond donors (Lipinski definition) is 1. The van der Waals surface area contributed by atoms with Crippen molar-refractivity contribution >= 4 is 11.8 Å². The summed E-state index contributed by atoms with van der Waals surface area (Å²) in [4.78, 5) is 27.0. The molecule has 0 aromatic rings. The van der Waals surface area contributed by atoms with Crippen LogP contribution in [0.3, 0.4) is 0 Å². The van der Waals surface area contributed by atoms with E-state index < -0.39 is 0 Å². The van der Waals surface area contributed by atoms with Gasteiger partial charge in [-0.25, -0.2) is 0 Å². The molecule has 2 saturated heterocycles. The van der Waals surface area contributed by atoms with Gasteiger partial charge >= 0.3 is 0 Å². The minimum absolute atomic E-state index is 0.0541. The Kier molecular flexibility index (Phi) is 5.78. The van der Waals surface area contributed by atoms with Gasteiger partial charge in [-0.2, -0.15) is 5.26 Å². The predicted molar refractivity (Wildman–Crippen MR) is 79.5 cm³/mol. The van der Waals surface area contributed by atoms with E-state index in [-0.39, 0.29) is 23.5 Å². The van der Waals surface area contributed by atoms with Crippen LogP contribution in [0.25, 0.3) is 0 Å². The molecule has 2 fully saturated rings. The van der Waals surface area contributed by atoms with Crippen LogP contribution in [0.4, 0.5) is 0 Å². The van der Waals surface area contributed by atoms with E-state index in [2.05, 4.69) is 5.32 Å². The zero-order valence-corrected chi connectivity index (χ0v) is 12.9. The normalized spacial score (nSPS) is 22.4.